The maximum atomic E-state index is 10.6. The van der Waals surface area contributed by atoms with E-state index in [9.17, 15) is 9.90 Å². The number of methoxy groups -OCH3 is 1. The molecule has 0 fully saturated rings. The molecule has 0 aromatic heterocycles. The predicted octanol–water partition coefficient (Wildman–Crippen LogP) is 0.664. The lowest BCUT2D eigenvalue weighted by Gasteiger charge is -2.13. The monoisotopic (exact) mass is 225 g/mol. The summed E-state index contributed by atoms with van der Waals surface area (Å²) in [6.45, 7) is 1.75. The van der Waals surface area contributed by atoms with Gasteiger partial charge in [-0.05, 0) is 30.5 Å². The van der Waals surface area contributed by atoms with Crippen LogP contribution >= 0.6 is 0 Å². The van der Waals surface area contributed by atoms with Crippen molar-refractivity contribution in [3.05, 3.63) is 23.3 Å². The first-order valence-electron chi connectivity index (χ1n) is 4.81. The summed E-state index contributed by atoms with van der Waals surface area (Å²) in [6, 6.07) is 2.17. The molecule has 0 saturated heterocycles. The third-order valence-corrected chi connectivity index (χ3v) is 2.46. The van der Waals surface area contributed by atoms with Crippen molar-refractivity contribution < 1.29 is 19.7 Å². The number of hydrogen-bond acceptors (Lipinski definition) is 4. The Bertz CT molecular complexity index is 403. The van der Waals surface area contributed by atoms with Crippen LogP contribution in [0.15, 0.2) is 12.1 Å². The highest BCUT2D eigenvalue weighted by Crippen LogP contribution is 2.32. The first-order chi connectivity index (χ1) is 7.47. The molecule has 5 nitrogen and oxygen atoms in total. The molecule has 1 rings (SSSR count). The smallest absolute Gasteiger partial charge is 0.320 e. The standard InChI is InChI=1S/C11H15NO4/c1-6-7(5-8(12)11(14)15)3-4-9(13)10(6)16-2/h3-4,8,13H,5,12H2,1-2H3,(H,14,15)/t8-/m0/s1. The van der Waals surface area contributed by atoms with Crippen LogP contribution in [0.25, 0.3) is 0 Å². The van der Waals surface area contributed by atoms with Crippen LogP contribution in [0.5, 0.6) is 11.5 Å². The lowest BCUT2D eigenvalue weighted by Crippen LogP contribution is -2.32. The number of carbonyl (C=O) groups is 1. The van der Waals surface area contributed by atoms with Crippen molar-refractivity contribution in [1.82, 2.24) is 0 Å². The van der Waals surface area contributed by atoms with Crippen molar-refractivity contribution in [3.63, 3.8) is 0 Å². The van der Waals surface area contributed by atoms with Gasteiger partial charge < -0.3 is 20.7 Å². The Labute approximate surface area is 93.5 Å². The second-order valence-electron chi connectivity index (χ2n) is 3.55. The molecular formula is C11H15NO4. The Kier molecular flexibility index (Phi) is 3.73. The van der Waals surface area contributed by atoms with E-state index >= 15 is 0 Å². The number of nitrogens with two attached hydrogens (primary N) is 1. The fourth-order valence-corrected chi connectivity index (χ4v) is 1.52. The SMILES string of the molecule is COc1c(O)ccc(C[C@H](N)C(=O)O)c1C. The van der Waals surface area contributed by atoms with Crippen molar-refractivity contribution in [2.75, 3.05) is 7.11 Å². The van der Waals surface area contributed by atoms with E-state index in [0.29, 0.717) is 11.3 Å². The van der Waals surface area contributed by atoms with Gasteiger partial charge in [-0.1, -0.05) is 6.07 Å². The Hall–Kier alpha value is -1.75. The molecule has 0 aliphatic heterocycles. The van der Waals surface area contributed by atoms with E-state index < -0.39 is 12.0 Å². The number of carboxylic acids is 1. The van der Waals surface area contributed by atoms with Gasteiger partial charge in [0.2, 0.25) is 0 Å². The van der Waals surface area contributed by atoms with Gasteiger partial charge in [-0.2, -0.15) is 0 Å². The summed E-state index contributed by atoms with van der Waals surface area (Å²) in [4.78, 5) is 10.6. The van der Waals surface area contributed by atoms with Gasteiger partial charge in [0.1, 0.15) is 6.04 Å². The summed E-state index contributed by atoms with van der Waals surface area (Å²) in [5.74, 6) is -0.658. The molecule has 88 valence electrons. The second kappa shape index (κ2) is 4.85. The second-order valence-corrected chi connectivity index (χ2v) is 3.55. The summed E-state index contributed by atoms with van der Waals surface area (Å²) in [6.07, 6.45) is 0.206. The largest absolute Gasteiger partial charge is 0.504 e. The minimum Gasteiger partial charge on any atom is -0.504 e. The van der Waals surface area contributed by atoms with E-state index in [2.05, 4.69) is 0 Å². The minimum absolute atomic E-state index is 0.0349. The summed E-state index contributed by atoms with van der Waals surface area (Å²) < 4.78 is 5.02. The van der Waals surface area contributed by atoms with Gasteiger partial charge >= 0.3 is 5.97 Å². The zero-order valence-electron chi connectivity index (χ0n) is 9.23. The fraction of sp³-hybridized carbons (Fsp3) is 0.364. The molecule has 4 N–H and O–H groups in total. The van der Waals surface area contributed by atoms with Crippen LogP contribution in [0.1, 0.15) is 11.1 Å². The van der Waals surface area contributed by atoms with Crippen molar-refractivity contribution in [2.45, 2.75) is 19.4 Å². The number of benzene rings is 1. The first-order valence-corrected chi connectivity index (χ1v) is 4.81. The van der Waals surface area contributed by atoms with Gasteiger partial charge in [-0.3, -0.25) is 4.79 Å². The Morgan fingerprint density at radius 2 is 2.19 bits per heavy atom. The minimum atomic E-state index is -1.05. The summed E-state index contributed by atoms with van der Waals surface area (Å²) in [5.41, 5.74) is 6.91. The molecule has 0 saturated carbocycles. The zero-order chi connectivity index (χ0) is 12.3. The molecule has 1 aromatic carbocycles. The van der Waals surface area contributed by atoms with Gasteiger partial charge in [0.15, 0.2) is 11.5 Å². The molecule has 0 radical (unpaired) electrons. The number of phenolic OH excluding ortho intramolecular Hbond substituents is 1. The van der Waals surface area contributed by atoms with Crippen LogP contribution in [-0.2, 0) is 11.2 Å². The zero-order valence-corrected chi connectivity index (χ0v) is 9.23. The molecule has 0 spiro atoms. The fourth-order valence-electron chi connectivity index (χ4n) is 1.52. The van der Waals surface area contributed by atoms with E-state index in [-0.39, 0.29) is 12.2 Å². The highest BCUT2D eigenvalue weighted by Gasteiger charge is 2.16. The van der Waals surface area contributed by atoms with E-state index in [4.69, 9.17) is 15.6 Å². The van der Waals surface area contributed by atoms with Crippen LogP contribution in [0.2, 0.25) is 0 Å². The Morgan fingerprint density at radius 3 is 2.69 bits per heavy atom. The Morgan fingerprint density at radius 1 is 1.56 bits per heavy atom. The van der Waals surface area contributed by atoms with E-state index in [1.807, 2.05) is 0 Å². The number of ether oxygens (including phenoxy) is 1. The number of hydrogen-bond donors (Lipinski definition) is 3. The normalized spacial score (nSPS) is 12.2. The molecule has 1 atom stereocenters. The number of aromatic hydroxyl groups is 1. The van der Waals surface area contributed by atoms with Crippen LogP contribution in [0.4, 0.5) is 0 Å². The number of rotatable bonds is 4. The molecule has 0 amide bonds. The third-order valence-electron chi connectivity index (χ3n) is 2.46. The van der Waals surface area contributed by atoms with Crippen LogP contribution in [0, 0.1) is 6.92 Å². The van der Waals surface area contributed by atoms with Crippen LogP contribution in [-0.4, -0.2) is 29.3 Å². The molecule has 0 aliphatic rings. The van der Waals surface area contributed by atoms with E-state index in [1.165, 1.54) is 13.2 Å². The van der Waals surface area contributed by atoms with Gasteiger partial charge in [0.05, 0.1) is 7.11 Å². The predicted molar refractivity (Wildman–Crippen MR) is 58.7 cm³/mol. The summed E-state index contributed by atoms with van der Waals surface area (Å²) >= 11 is 0. The van der Waals surface area contributed by atoms with Gasteiger partial charge in [-0.25, -0.2) is 0 Å². The molecule has 0 unspecified atom stereocenters. The highest BCUT2D eigenvalue weighted by molar-refractivity contribution is 5.73. The Balaban J connectivity index is 3.02. The first kappa shape index (κ1) is 12.3. The highest BCUT2D eigenvalue weighted by atomic mass is 16.5. The molecular weight excluding hydrogens is 210 g/mol. The van der Waals surface area contributed by atoms with Gasteiger partial charge in [0.25, 0.3) is 0 Å². The van der Waals surface area contributed by atoms with Crippen molar-refractivity contribution in [1.29, 1.82) is 0 Å². The third kappa shape index (κ3) is 2.43. The van der Waals surface area contributed by atoms with Crippen LogP contribution < -0.4 is 10.5 Å². The van der Waals surface area contributed by atoms with Crippen molar-refractivity contribution in [2.24, 2.45) is 5.73 Å². The number of carboxylic acid groups (broad SMARTS) is 1. The number of phenols is 1. The van der Waals surface area contributed by atoms with Crippen molar-refractivity contribution in [3.8, 4) is 11.5 Å². The summed E-state index contributed by atoms with van der Waals surface area (Å²) in [5, 5.41) is 18.2. The maximum absolute atomic E-state index is 10.6. The average Bonchev–Trinajstić information content (AvgIpc) is 2.22. The lowest BCUT2D eigenvalue weighted by atomic mass is 10.0. The molecule has 16 heavy (non-hydrogen) atoms. The molecule has 0 aliphatic carbocycles. The van der Waals surface area contributed by atoms with E-state index in [1.54, 1.807) is 13.0 Å². The van der Waals surface area contributed by atoms with Gasteiger partial charge in [0, 0.05) is 0 Å². The van der Waals surface area contributed by atoms with Crippen LogP contribution in [0.3, 0.4) is 0 Å². The molecule has 0 bridgehead atoms. The maximum Gasteiger partial charge on any atom is 0.320 e. The quantitative estimate of drug-likeness (QED) is 0.700. The number of aliphatic carboxylic acids is 1. The van der Waals surface area contributed by atoms with E-state index in [0.717, 1.165) is 5.56 Å². The molecule has 1 aromatic rings. The molecule has 0 heterocycles. The summed E-state index contributed by atoms with van der Waals surface area (Å²) in [7, 11) is 1.45. The molecule has 5 heteroatoms. The lowest BCUT2D eigenvalue weighted by molar-refractivity contribution is -0.138. The average molecular weight is 225 g/mol. The van der Waals surface area contributed by atoms with Gasteiger partial charge in [-0.15, -0.1) is 0 Å². The van der Waals surface area contributed by atoms with Crippen molar-refractivity contribution >= 4 is 5.97 Å². The topological polar surface area (TPSA) is 92.8 Å².